The first-order chi connectivity index (χ1) is 6.70. The van der Waals surface area contributed by atoms with Crippen molar-refractivity contribution in [3.05, 3.63) is 43.9 Å². The second kappa shape index (κ2) is 4.06. The first-order valence-corrected chi connectivity index (χ1v) is 5.96. The number of hydrogen-bond donors (Lipinski definition) is 1. The van der Waals surface area contributed by atoms with Crippen molar-refractivity contribution in [1.29, 1.82) is 0 Å². The summed E-state index contributed by atoms with van der Waals surface area (Å²) in [6, 6.07) is 3.53. The minimum Gasteiger partial charge on any atom is -0.453 e. The Hall–Kier alpha value is -0.290. The highest BCUT2D eigenvalue weighted by Gasteiger charge is 2.17. The van der Waals surface area contributed by atoms with Gasteiger partial charge in [0.1, 0.15) is 0 Å². The number of thiophene rings is 1. The molecule has 0 aliphatic heterocycles. The van der Waals surface area contributed by atoms with Crippen molar-refractivity contribution in [2.24, 2.45) is 5.73 Å². The molecule has 2 rings (SSSR count). The molecule has 2 nitrogen and oxygen atoms in total. The normalized spacial score (nSPS) is 13.1. The minimum atomic E-state index is -0.226. The first-order valence-electron chi connectivity index (χ1n) is 3.91. The van der Waals surface area contributed by atoms with Crippen molar-refractivity contribution in [2.75, 3.05) is 0 Å². The zero-order chi connectivity index (χ0) is 10.1. The van der Waals surface area contributed by atoms with Gasteiger partial charge in [0.25, 0.3) is 0 Å². The molecule has 14 heavy (non-hydrogen) atoms. The fourth-order valence-electron chi connectivity index (χ4n) is 1.20. The van der Waals surface area contributed by atoms with Crippen LogP contribution in [-0.4, -0.2) is 0 Å². The Morgan fingerprint density at radius 3 is 2.79 bits per heavy atom. The van der Waals surface area contributed by atoms with Crippen LogP contribution in [0.25, 0.3) is 0 Å². The van der Waals surface area contributed by atoms with Crippen LogP contribution in [0.15, 0.2) is 32.7 Å². The van der Waals surface area contributed by atoms with Crippen LogP contribution < -0.4 is 5.73 Å². The van der Waals surface area contributed by atoms with Gasteiger partial charge in [0.15, 0.2) is 5.22 Å². The third-order valence-corrected chi connectivity index (χ3v) is 4.17. The van der Waals surface area contributed by atoms with E-state index in [2.05, 4.69) is 15.9 Å². The fourth-order valence-corrected chi connectivity index (χ4v) is 3.07. The van der Waals surface area contributed by atoms with E-state index < -0.39 is 0 Å². The molecule has 0 bridgehead atoms. The smallest absolute Gasteiger partial charge is 0.198 e. The van der Waals surface area contributed by atoms with Crippen LogP contribution in [0.4, 0.5) is 0 Å². The summed E-state index contributed by atoms with van der Waals surface area (Å²) in [5, 5.41) is 2.34. The summed E-state index contributed by atoms with van der Waals surface area (Å²) < 4.78 is 6.01. The maximum absolute atomic E-state index is 6.04. The van der Waals surface area contributed by atoms with E-state index in [-0.39, 0.29) is 6.04 Å². The molecule has 74 valence electrons. The van der Waals surface area contributed by atoms with Gasteiger partial charge >= 0.3 is 0 Å². The van der Waals surface area contributed by atoms with E-state index in [9.17, 15) is 0 Å². The Labute approximate surface area is 98.8 Å². The molecule has 0 aliphatic carbocycles. The Morgan fingerprint density at radius 2 is 2.29 bits per heavy atom. The lowest BCUT2D eigenvalue weighted by Gasteiger charge is -2.08. The van der Waals surface area contributed by atoms with Crippen LogP contribution in [0.2, 0.25) is 5.22 Å². The van der Waals surface area contributed by atoms with Gasteiger partial charge in [-0.2, -0.15) is 0 Å². The molecule has 2 aromatic heterocycles. The molecule has 2 aromatic rings. The molecule has 0 amide bonds. The Morgan fingerprint density at radius 1 is 1.50 bits per heavy atom. The maximum atomic E-state index is 6.04. The number of nitrogens with two attached hydrogens (primary N) is 1. The van der Waals surface area contributed by atoms with Crippen LogP contribution in [0.3, 0.4) is 0 Å². The van der Waals surface area contributed by atoms with Gasteiger partial charge in [0, 0.05) is 14.9 Å². The van der Waals surface area contributed by atoms with E-state index in [0.717, 1.165) is 14.9 Å². The monoisotopic (exact) mass is 291 g/mol. The second-order valence-electron chi connectivity index (χ2n) is 2.76. The molecular formula is C9H7BrClNOS. The highest BCUT2D eigenvalue weighted by molar-refractivity contribution is 9.10. The molecule has 0 aromatic carbocycles. The van der Waals surface area contributed by atoms with Crippen molar-refractivity contribution >= 4 is 38.9 Å². The van der Waals surface area contributed by atoms with Crippen molar-refractivity contribution in [3.63, 3.8) is 0 Å². The van der Waals surface area contributed by atoms with E-state index >= 15 is 0 Å². The average Bonchev–Trinajstić information content (AvgIpc) is 2.73. The lowest BCUT2D eigenvalue weighted by Crippen LogP contribution is -2.10. The van der Waals surface area contributed by atoms with E-state index in [0.29, 0.717) is 5.22 Å². The Kier molecular flexibility index (Phi) is 2.97. The second-order valence-corrected chi connectivity index (χ2v) is 4.91. The third-order valence-electron chi connectivity index (χ3n) is 1.91. The number of halogens is 2. The van der Waals surface area contributed by atoms with Crippen LogP contribution in [-0.2, 0) is 0 Å². The van der Waals surface area contributed by atoms with E-state index in [4.69, 9.17) is 21.8 Å². The van der Waals surface area contributed by atoms with Gasteiger partial charge in [-0.1, -0.05) is 0 Å². The lowest BCUT2D eigenvalue weighted by molar-refractivity contribution is 0.564. The van der Waals surface area contributed by atoms with Gasteiger partial charge in [-0.25, -0.2) is 0 Å². The summed E-state index contributed by atoms with van der Waals surface area (Å²) in [5.41, 5.74) is 6.86. The molecule has 0 aliphatic rings. The van der Waals surface area contributed by atoms with Crippen molar-refractivity contribution < 1.29 is 4.42 Å². The molecule has 2 N–H and O–H groups in total. The molecule has 1 unspecified atom stereocenters. The minimum absolute atomic E-state index is 0.226. The molecule has 1 atom stereocenters. The molecule has 0 saturated carbocycles. The highest BCUT2D eigenvalue weighted by atomic mass is 79.9. The largest absolute Gasteiger partial charge is 0.453 e. The predicted molar refractivity (Wildman–Crippen MR) is 61.8 cm³/mol. The first kappa shape index (κ1) is 10.2. The molecule has 0 radical (unpaired) electrons. The quantitative estimate of drug-likeness (QED) is 0.914. The van der Waals surface area contributed by atoms with Crippen LogP contribution in [0, 0.1) is 0 Å². The van der Waals surface area contributed by atoms with Crippen molar-refractivity contribution in [3.8, 4) is 0 Å². The number of hydrogen-bond acceptors (Lipinski definition) is 3. The topological polar surface area (TPSA) is 39.2 Å². The molecule has 0 fully saturated rings. The number of furan rings is 1. The van der Waals surface area contributed by atoms with Gasteiger partial charge in [-0.05, 0) is 45.0 Å². The van der Waals surface area contributed by atoms with Gasteiger partial charge in [-0.3, -0.25) is 0 Å². The van der Waals surface area contributed by atoms with Crippen LogP contribution in [0.1, 0.15) is 16.5 Å². The van der Waals surface area contributed by atoms with Crippen LogP contribution in [0.5, 0.6) is 0 Å². The van der Waals surface area contributed by atoms with E-state index in [1.165, 1.54) is 0 Å². The summed E-state index contributed by atoms with van der Waals surface area (Å²) in [6.45, 7) is 0. The van der Waals surface area contributed by atoms with Gasteiger partial charge in [0.05, 0.1) is 12.3 Å². The van der Waals surface area contributed by atoms with Crippen molar-refractivity contribution in [2.45, 2.75) is 6.04 Å². The predicted octanol–water partition coefficient (Wildman–Crippen LogP) is 3.81. The zero-order valence-electron chi connectivity index (χ0n) is 7.04. The lowest BCUT2D eigenvalue weighted by atomic mass is 10.1. The Balaban J connectivity index is 2.38. The average molecular weight is 293 g/mol. The third kappa shape index (κ3) is 1.75. The highest BCUT2D eigenvalue weighted by Crippen LogP contribution is 2.34. The number of rotatable bonds is 2. The molecule has 0 saturated heterocycles. The summed E-state index contributed by atoms with van der Waals surface area (Å²) in [5.74, 6) is 0. The van der Waals surface area contributed by atoms with Crippen LogP contribution >= 0.6 is 38.9 Å². The van der Waals surface area contributed by atoms with Crippen molar-refractivity contribution in [1.82, 2.24) is 0 Å². The molecule has 2 heterocycles. The summed E-state index contributed by atoms with van der Waals surface area (Å²) in [7, 11) is 0. The SMILES string of the molecule is NC(c1ccoc1Cl)c1sccc1Br. The Bertz CT molecular complexity index is 399. The molecule has 5 heteroatoms. The zero-order valence-corrected chi connectivity index (χ0v) is 10.2. The fraction of sp³-hybridized carbons (Fsp3) is 0.111. The van der Waals surface area contributed by atoms with Gasteiger partial charge < -0.3 is 10.2 Å². The molecular weight excluding hydrogens is 286 g/mol. The van der Waals surface area contributed by atoms with E-state index in [1.54, 1.807) is 23.7 Å². The van der Waals surface area contributed by atoms with E-state index in [1.807, 2.05) is 11.4 Å². The molecule has 0 spiro atoms. The van der Waals surface area contributed by atoms with Gasteiger partial charge in [0.2, 0.25) is 0 Å². The summed E-state index contributed by atoms with van der Waals surface area (Å²) in [6.07, 6.45) is 1.54. The summed E-state index contributed by atoms with van der Waals surface area (Å²) >= 11 is 10.9. The van der Waals surface area contributed by atoms with Gasteiger partial charge in [-0.15, -0.1) is 11.3 Å². The maximum Gasteiger partial charge on any atom is 0.198 e. The standard InChI is InChI=1S/C9H7BrClNOS/c10-6-2-4-14-8(6)7(12)5-1-3-13-9(5)11/h1-4,7H,12H2. The summed E-state index contributed by atoms with van der Waals surface area (Å²) in [4.78, 5) is 1.05.